The van der Waals surface area contributed by atoms with Crippen molar-refractivity contribution in [3.8, 4) is 0 Å². The Morgan fingerprint density at radius 2 is 2.00 bits per heavy atom. The maximum absolute atomic E-state index is 12.1. The number of rotatable bonds is 4. The van der Waals surface area contributed by atoms with Gasteiger partial charge < -0.3 is 15.7 Å². The first-order valence-electron chi connectivity index (χ1n) is 6.45. The van der Waals surface area contributed by atoms with Crippen LogP contribution in [-0.4, -0.2) is 22.9 Å². The van der Waals surface area contributed by atoms with E-state index in [2.05, 4.69) is 10.6 Å². The normalized spacial score (nSPS) is 15.9. The molecule has 0 spiro atoms. The molecule has 0 radical (unpaired) electrons. The number of nitrogens with one attached hydrogen (secondary N) is 2. The molecule has 112 valence electrons. The number of fused-ring (bicyclic) bond motifs is 1. The number of carbonyl (C=O) groups is 3. The lowest BCUT2D eigenvalue weighted by molar-refractivity contribution is -0.145. The van der Waals surface area contributed by atoms with Gasteiger partial charge in [0.05, 0.1) is 23.0 Å². The van der Waals surface area contributed by atoms with Gasteiger partial charge in [-0.25, -0.2) is 0 Å². The number of carboxylic acids is 1. The maximum atomic E-state index is 12.1. The molecule has 2 unspecified atom stereocenters. The van der Waals surface area contributed by atoms with E-state index in [1.165, 1.54) is 6.92 Å². The second kappa shape index (κ2) is 5.73. The summed E-state index contributed by atoms with van der Waals surface area (Å²) in [5, 5.41) is 14.5. The zero-order chi connectivity index (χ0) is 15.7. The lowest BCUT2D eigenvalue weighted by Gasteiger charge is -2.17. The van der Waals surface area contributed by atoms with E-state index >= 15 is 0 Å². The SMILES string of the molecule is CC(C(=O)O)C(C)C(=O)Nc1cc2c(cc1Cl)NC(=O)C2. The Morgan fingerprint density at radius 1 is 1.33 bits per heavy atom. The zero-order valence-electron chi connectivity index (χ0n) is 11.6. The van der Waals surface area contributed by atoms with E-state index in [9.17, 15) is 14.4 Å². The fourth-order valence-corrected chi connectivity index (χ4v) is 2.24. The summed E-state index contributed by atoms with van der Waals surface area (Å²) in [7, 11) is 0. The van der Waals surface area contributed by atoms with Gasteiger partial charge >= 0.3 is 5.97 Å². The predicted molar refractivity (Wildman–Crippen MR) is 78.4 cm³/mol. The van der Waals surface area contributed by atoms with Gasteiger partial charge in [0.1, 0.15) is 0 Å². The van der Waals surface area contributed by atoms with Crippen LogP contribution in [0.5, 0.6) is 0 Å². The van der Waals surface area contributed by atoms with Crippen molar-refractivity contribution in [2.24, 2.45) is 11.8 Å². The summed E-state index contributed by atoms with van der Waals surface area (Å²) in [5.41, 5.74) is 1.76. The van der Waals surface area contributed by atoms with Crippen LogP contribution >= 0.6 is 11.6 Å². The van der Waals surface area contributed by atoms with Gasteiger partial charge in [-0.2, -0.15) is 0 Å². The molecule has 0 aliphatic carbocycles. The quantitative estimate of drug-likeness (QED) is 0.794. The highest BCUT2D eigenvalue weighted by atomic mass is 35.5. The average Bonchev–Trinajstić information content (AvgIpc) is 2.76. The van der Waals surface area contributed by atoms with Gasteiger partial charge in [-0.05, 0) is 17.7 Å². The number of anilines is 2. The minimum absolute atomic E-state index is 0.127. The van der Waals surface area contributed by atoms with Crippen LogP contribution in [0.4, 0.5) is 11.4 Å². The molecule has 2 rings (SSSR count). The highest BCUT2D eigenvalue weighted by molar-refractivity contribution is 6.34. The number of carbonyl (C=O) groups excluding carboxylic acids is 2. The van der Waals surface area contributed by atoms with E-state index in [0.717, 1.165) is 5.56 Å². The Labute approximate surface area is 126 Å². The minimum Gasteiger partial charge on any atom is -0.481 e. The zero-order valence-corrected chi connectivity index (χ0v) is 12.3. The molecule has 0 saturated carbocycles. The number of amides is 2. The molecule has 1 aromatic carbocycles. The molecule has 2 atom stereocenters. The predicted octanol–water partition coefficient (Wildman–Crippen LogP) is 2.13. The molecule has 7 heteroatoms. The summed E-state index contributed by atoms with van der Waals surface area (Å²) in [6.07, 6.45) is 0.233. The highest BCUT2D eigenvalue weighted by Crippen LogP contribution is 2.33. The summed E-state index contributed by atoms with van der Waals surface area (Å²) in [4.78, 5) is 34.3. The second-order valence-electron chi connectivity index (χ2n) is 5.12. The van der Waals surface area contributed by atoms with Gasteiger partial charge in [0.25, 0.3) is 0 Å². The van der Waals surface area contributed by atoms with Crippen molar-refractivity contribution in [3.63, 3.8) is 0 Å². The number of benzene rings is 1. The molecule has 1 aromatic rings. The first-order valence-corrected chi connectivity index (χ1v) is 6.83. The Morgan fingerprint density at radius 3 is 2.62 bits per heavy atom. The van der Waals surface area contributed by atoms with Crippen LogP contribution in [0.25, 0.3) is 0 Å². The van der Waals surface area contributed by atoms with Crippen LogP contribution in [0.3, 0.4) is 0 Å². The van der Waals surface area contributed by atoms with Gasteiger partial charge in [-0.15, -0.1) is 0 Å². The molecule has 0 aromatic heterocycles. The van der Waals surface area contributed by atoms with Crippen LogP contribution in [0.15, 0.2) is 12.1 Å². The number of hydrogen-bond acceptors (Lipinski definition) is 3. The van der Waals surface area contributed by atoms with Crippen LogP contribution in [0.2, 0.25) is 5.02 Å². The van der Waals surface area contributed by atoms with E-state index in [1.807, 2.05) is 0 Å². The molecule has 3 N–H and O–H groups in total. The number of aliphatic carboxylic acids is 1. The smallest absolute Gasteiger partial charge is 0.307 e. The highest BCUT2D eigenvalue weighted by Gasteiger charge is 2.27. The lowest BCUT2D eigenvalue weighted by Crippen LogP contribution is -2.30. The Kier molecular flexibility index (Phi) is 4.18. The van der Waals surface area contributed by atoms with Crippen molar-refractivity contribution in [2.45, 2.75) is 20.3 Å². The lowest BCUT2D eigenvalue weighted by atomic mass is 9.95. The second-order valence-corrected chi connectivity index (χ2v) is 5.53. The van der Waals surface area contributed by atoms with Crippen molar-refractivity contribution >= 4 is 40.8 Å². The van der Waals surface area contributed by atoms with Crippen molar-refractivity contribution in [3.05, 3.63) is 22.7 Å². The van der Waals surface area contributed by atoms with E-state index < -0.39 is 23.7 Å². The molecule has 21 heavy (non-hydrogen) atoms. The molecule has 1 aliphatic heterocycles. The molecule has 0 bridgehead atoms. The summed E-state index contributed by atoms with van der Waals surface area (Å²) in [5.74, 6) is -3.10. The summed E-state index contributed by atoms with van der Waals surface area (Å²) in [6.45, 7) is 3.01. The largest absolute Gasteiger partial charge is 0.481 e. The minimum atomic E-state index is -1.03. The fraction of sp³-hybridized carbons (Fsp3) is 0.357. The van der Waals surface area contributed by atoms with E-state index in [1.54, 1.807) is 19.1 Å². The molecular weight excluding hydrogens is 296 g/mol. The third kappa shape index (κ3) is 3.16. The van der Waals surface area contributed by atoms with Gasteiger partial charge in [0.2, 0.25) is 11.8 Å². The van der Waals surface area contributed by atoms with Crippen molar-refractivity contribution in [1.82, 2.24) is 0 Å². The number of carboxylic acid groups (broad SMARTS) is 1. The topological polar surface area (TPSA) is 95.5 Å². The maximum Gasteiger partial charge on any atom is 0.307 e. The van der Waals surface area contributed by atoms with Gasteiger partial charge in [0.15, 0.2) is 0 Å². The Hall–Kier alpha value is -2.08. The van der Waals surface area contributed by atoms with Crippen molar-refractivity contribution in [2.75, 3.05) is 10.6 Å². The van der Waals surface area contributed by atoms with Crippen molar-refractivity contribution < 1.29 is 19.5 Å². The molecule has 0 fully saturated rings. The summed E-state index contributed by atoms with van der Waals surface area (Å²) < 4.78 is 0. The van der Waals surface area contributed by atoms with E-state index in [-0.39, 0.29) is 12.3 Å². The third-order valence-electron chi connectivity index (χ3n) is 3.63. The standard InChI is InChI=1S/C14H15ClN2O4/c1-6(7(2)14(20)21)13(19)17-11-3-8-4-12(18)16-10(8)5-9(11)15/h3,5-7H,4H2,1-2H3,(H,16,18)(H,17,19)(H,20,21). The first kappa shape index (κ1) is 15.3. The van der Waals surface area contributed by atoms with Crippen LogP contribution < -0.4 is 10.6 Å². The monoisotopic (exact) mass is 310 g/mol. The van der Waals surface area contributed by atoms with Crippen LogP contribution in [0, 0.1) is 11.8 Å². The third-order valence-corrected chi connectivity index (χ3v) is 3.94. The Bertz CT molecular complexity index is 630. The van der Waals surface area contributed by atoms with Crippen molar-refractivity contribution in [1.29, 1.82) is 0 Å². The molecule has 0 saturated heterocycles. The molecular formula is C14H15ClN2O4. The van der Waals surface area contributed by atoms with Gasteiger partial charge in [0, 0.05) is 11.6 Å². The number of hydrogen-bond donors (Lipinski definition) is 3. The molecule has 1 heterocycles. The van der Waals surface area contributed by atoms with Crippen LogP contribution in [0.1, 0.15) is 19.4 Å². The van der Waals surface area contributed by atoms with Gasteiger partial charge in [-0.1, -0.05) is 25.4 Å². The van der Waals surface area contributed by atoms with E-state index in [4.69, 9.17) is 16.7 Å². The average molecular weight is 311 g/mol. The fourth-order valence-electron chi connectivity index (χ4n) is 2.03. The molecule has 1 aliphatic rings. The summed E-state index contributed by atoms with van der Waals surface area (Å²) in [6, 6.07) is 3.20. The summed E-state index contributed by atoms with van der Waals surface area (Å²) >= 11 is 6.06. The number of halogens is 1. The van der Waals surface area contributed by atoms with Gasteiger partial charge in [-0.3, -0.25) is 14.4 Å². The molecule has 6 nitrogen and oxygen atoms in total. The Balaban J connectivity index is 2.17. The van der Waals surface area contributed by atoms with E-state index in [0.29, 0.717) is 16.4 Å². The van der Waals surface area contributed by atoms with Crippen LogP contribution in [-0.2, 0) is 20.8 Å². The first-order chi connectivity index (χ1) is 9.79. The molecule has 2 amide bonds.